The van der Waals surface area contributed by atoms with E-state index in [-0.39, 0.29) is 0 Å². The summed E-state index contributed by atoms with van der Waals surface area (Å²) in [6.45, 7) is 7.00. The maximum absolute atomic E-state index is 3.75. The van der Waals surface area contributed by atoms with Crippen LogP contribution in [-0.4, -0.2) is 37.1 Å². The number of hydrogen-bond donors (Lipinski definition) is 1. The number of thiophene rings is 1. The van der Waals surface area contributed by atoms with Crippen molar-refractivity contribution in [1.82, 2.24) is 10.2 Å². The molecule has 0 spiro atoms. The van der Waals surface area contributed by atoms with E-state index >= 15 is 0 Å². The first-order valence-corrected chi connectivity index (χ1v) is 8.99. The van der Waals surface area contributed by atoms with Crippen molar-refractivity contribution in [1.29, 1.82) is 0 Å². The molecule has 1 aromatic heterocycles. The molecule has 3 heteroatoms. The van der Waals surface area contributed by atoms with Crippen LogP contribution >= 0.6 is 11.3 Å². The van der Waals surface area contributed by atoms with Crippen LogP contribution in [0.4, 0.5) is 0 Å². The number of likely N-dealkylation sites (N-methyl/N-ethyl adjacent to an activating group) is 1. The summed E-state index contributed by atoms with van der Waals surface area (Å²) in [6.07, 6.45) is 6.73. The van der Waals surface area contributed by atoms with Crippen LogP contribution < -0.4 is 5.32 Å². The fourth-order valence-electron chi connectivity index (χ4n) is 3.01. The molecule has 0 saturated heterocycles. The Balaban J connectivity index is 1.60. The standard InChI is InChI=1S/C17H30N2S/c1-14-6-8-16(9-7-14)18-10-11-19(3)15(2)13-17-5-4-12-20-17/h4-5,12,14-16,18H,6-11,13H2,1-3H3. The van der Waals surface area contributed by atoms with Crippen LogP contribution in [0.25, 0.3) is 0 Å². The molecule has 0 aromatic carbocycles. The van der Waals surface area contributed by atoms with Gasteiger partial charge in [-0.25, -0.2) is 0 Å². The molecule has 0 bridgehead atoms. The highest BCUT2D eigenvalue weighted by Crippen LogP contribution is 2.23. The molecule has 1 N–H and O–H groups in total. The van der Waals surface area contributed by atoms with Crippen LogP contribution in [-0.2, 0) is 6.42 Å². The Hall–Kier alpha value is -0.380. The zero-order valence-corrected chi connectivity index (χ0v) is 14.1. The van der Waals surface area contributed by atoms with E-state index in [1.165, 1.54) is 37.0 Å². The zero-order chi connectivity index (χ0) is 14.4. The zero-order valence-electron chi connectivity index (χ0n) is 13.3. The molecule has 20 heavy (non-hydrogen) atoms. The quantitative estimate of drug-likeness (QED) is 0.823. The molecule has 1 aromatic rings. The number of rotatable bonds is 7. The van der Waals surface area contributed by atoms with E-state index in [9.17, 15) is 0 Å². The van der Waals surface area contributed by atoms with Crippen LogP contribution in [0.3, 0.4) is 0 Å². The first-order chi connectivity index (χ1) is 9.65. The SMILES string of the molecule is CC1CCC(NCCN(C)C(C)Cc2cccs2)CC1. The van der Waals surface area contributed by atoms with Gasteiger partial charge in [-0.2, -0.15) is 0 Å². The van der Waals surface area contributed by atoms with Crippen LogP contribution in [0.5, 0.6) is 0 Å². The predicted molar refractivity (Wildman–Crippen MR) is 89.5 cm³/mol. The lowest BCUT2D eigenvalue weighted by molar-refractivity contribution is 0.241. The minimum absolute atomic E-state index is 0.627. The fraction of sp³-hybridized carbons (Fsp3) is 0.765. The molecule has 1 atom stereocenters. The maximum Gasteiger partial charge on any atom is 0.0113 e. The number of nitrogens with one attached hydrogen (secondary N) is 1. The molecule has 1 aliphatic rings. The van der Waals surface area contributed by atoms with Gasteiger partial charge < -0.3 is 10.2 Å². The normalized spacial score (nSPS) is 25.0. The summed E-state index contributed by atoms with van der Waals surface area (Å²) >= 11 is 1.87. The van der Waals surface area contributed by atoms with Gasteiger partial charge in [-0.05, 0) is 63.4 Å². The van der Waals surface area contributed by atoms with Crippen molar-refractivity contribution in [3.63, 3.8) is 0 Å². The van der Waals surface area contributed by atoms with Gasteiger partial charge in [0, 0.05) is 30.1 Å². The predicted octanol–water partition coefficient (Wildman–Crippen LogP) is 3.78. The third-order valence-electron chi connectivity index (χ3n) is 4.74. The van der Waals surface area contributed by atoms with E-state index in [1.54, 1.807) is 0 Å². The summed E-state index contributed by atoms with van der Waals surface area (Å²) in [5, 5.41) is 5.92. The van der Waals surface area contributed by atoms with Crippen molar-refractivity contribution in [3.05, 3.63) is 22.4 Å². The Bertz CT molecular complexity index is 355. The third-order valence-corrected chi connectivity index (χ3v) is 5.64. The lowest BCUT2D eigenvalue weighted by Crippen LogP contribution is -2.40. The number of nitrogens with zero attached hydrogens (tertiary/aromatic N) is 1. The molecule has 1 aliphatic carbocycles. The van der Waals surface area contributed by atoms with Gasteiger partial charge in [-0.1, -0.05) is 13.0 Å². The molecule has 114 valence electrons. The minimum atomic E-state index is 0.627. The van der Waals surface area contributed by atoms with Crippen LogP contribution in [0.15, 0.2) is 17.5 Å². The second-order valence-electron chi connectivity index (χ2n) is 6.52. The van der Waals surface area contributed by atoms with Crippen molar-refractivity contribution in [2.75, 3.05) is 20.1 Å². The second-order valence-corrected chi connectivity index (χ2v) is 7.56. The Morgan fingerprint density at radius 1 is 1.35 bits per heavy atom. The molecule has 0 aliphatic heterocycles. The molecular formula is C17H30N2S. The Morgan fingerprint density at radius 3 is 2.75 bits per heavy atom. The average Bonchev–Trinajstić information content (AvgIpc) is 2.93. The van der Waals surface area contributed by atoms with E-state index in [1.807, 2.05) is 11.3 Å². The summed E-state index contributed by atoms with van der Waals surface area (Å²) in [5.41, 5.74) is 0. The number of hydrogen-bond acceptors (Lipinski definition) is 3. The summed E-state index contributed by atoms with van der Waals surface area (Å²) in [7, 11) is 2.25. The van der Waals surface area contributed by atoms with Gasteiger partial charge in [0.25, 0.3) is 0 Å². The van der Waals surface area contributed by atoms with Gasteiger partial charge in [0.2, 0.25) is 0 Å². The van der Waals surface area contributed by atoms with Gasteiger partial charge >= 0.3 is 0 Å². The van der Waals surface area contributed by atoms with E-state index in [0.717, 1.165) is 25.0 Å². The van der Waals surface area contributed by atoms with Crippen molar-refractivity contribution < 1.29 is 0 Å². The van der Waals surface area contributed by atoms with Crippen molar-refractivity contribution >= 4 is 11.3 Å². The highest BCUT2D eigenvalue weighted by atomic mass is 32.1. The highest BCUT2D eigenvalue weighted by molar-refractivity contribution is 7.09. The molecule has 2 rings (SSSR count). The first-order valence-electron chi connectivity index (χ1n) is 8.11. The maximum atomic E-state index is 3.75. The summed E-state index contributed by atoms with van der Waals surface area (Å²) in [4.78, 5) is 3.98. The monoisotopic (exact) mass is 294 g/mol. The van der Waals surface area contributed by atoms with E-state index in [2.05, 4.69) is 48.6 Å². The van der Waals surface area contributed by atoms with Gasteiger partial charge in [-0.15, -0.1) is 11.3 Å². The molecule has 1 heterocycles. The van der Waals surface area contributed by atoms with E-state index in [4.69, 9.17) is 0 Å². The topological polar surface area (TPSA) is 15.3 Å². The average molecular weight is 295 g/mol. The molecule has 2 nitrogen and oxygen atoms in total. The van der Waals surface area contributed by atoms with Crippen LogP contribution in [0.2, 0.25) is 0 Å². The molecule has 1 fully saturated rings. The van der Waals surface area contributed by atoms with Crippen LogP contribution in [0.1, 0.15) is 44.4 Å². The van der Waals surface area contributed by atoms with E-state index < -0.39 is 0 Å². The molecule has 0 radical (unpaired) electrons. The molecule has 1 saturated carbocycles. The lowest BCUT2D eigenvalue weighted by atomic mass is 9.87. The van der Waals surface area contributed by atoms with Gasteiger partial charge in [-0.3, -0.25) is 0 Å². The highest BCUT2D eigenvalue weighted by Gasteiger charge is 2.17. The Morgan fingerprint density at radius 2 is 2.10 bits per heavy atom. The smallest absolute Gasteiger partial charge is 0.0113 e. The first kappa shape index (κ1) is 16.0. The summed E-state index contributed by atoms with van der Waals surface area (Å²) in [5.74, 6) is 0.946. The molecule has 0 amide bonds. The van der Waals surface area contributed by atoms with E-state index in [0.29, 0.717) is 6.04 Å². The van der Waals surface area contributed by atoms with Gasteiger partial charge in [0.05, 0.1) is 0 Å². The minimum Gasteiger partial charge on any atom is -0.313 e. The van der Waals surface area contributed by atoms with Crippen LogP contribution in [0, 0.1) is 5.92 Å². The largest absolute Gasteiger partial charge is 0.313 e. The van der Waals surface area contributed by atoms with Crippen molar-refractivity contribution in [3.8, 4) is 0 Å². The van der Waals surface area contributed by atoms with Crippen molar-refractivity contribution in [2.24, 2.45) is 5.92 Å². The van der Waals surface area contributed by atoms with Gasteiger partial charge in [0.1, 0.15) is 0 Å². The van der Waals surface area contributed by atoms with Gasteiger partial charge in [0.15, 0.2) is 0 Å². The summed E-state index contributed by atoms with van der Waals surface area (Å²) < 4.78 is 0. The lowest BCUT2D eigenvalue weighted by Gasteiger charge is -2.29. The Labute approximate surface area is 128 Å². The van der Waals surface area contributed by atoms with Crippen molar-refractivity contribution in [2.45, 2.75) is 58.0 Å². The molecule has 1 unspecified atom stereocenters. The Kier molecular flexibility index (Phi) is 6.53. The fourth-order valence-corrected chi connectivity index (χ4v) is 3.83. The molecular weight excluding hydrogens is 264 g/mol. The second kappa shape index (κ2) is 8.16. The summed E-state index contributed by atoms with van der Waals surface area (Å²) in [6, 6.07) is 5.79. The third kappa shape index (κ3) is 5.19.